The van der Waals surface area contributed by atoms with Gasteiger partial charge in [-0.25, -0.2) is 4.98 Å². The second-order valence-corrected chi connectivity index (χ2v) is 5.35. The van der Waals surface area contributed by atoms with Crippen LogP contribution in [0.4, 0.5) is 8.78 Å². The maximum Gasteiger partial charge on any atom is 0.387 e. The molecule has 1 heterocycles. The molecule has 0 saturated carbocycles. The highest BCUT2D eigenvalue weighted by Crippen LogP contribution is 2.26. The topological polar surface area (TPSA) is 48.1 Å². The number of rotatable bonds is 6. The fourth-order valence-corrected chi connectivity index (χ4v) is 2.64. The molecule has 0 aliphatic rings. The third-order valence-electron chi connectivity index (χ3n) is 2.87. The van der Waals surface area contributed by atoms with Crippen LogP contribution in [0.15, 0.2) is 29.6 Å². The molecule has 0 fully saturated rings. The van der Waals surface area contributed by atoms with Gasteiger partial charge < -0.3 is 10.5 Å². The highest BCUT2D eigenvalue weighted by molar-refractivity contribution is 7.09. The Kier molecular flexibility index (Phi) is 5.03. The van der Waals surface area contributed by atoms with Crippen LogP contribution in [0, 0.1) is 0 Å². The summed E-state index contributed by atoms with van der Waals surface area (Å²) < 4.78 is 28.8. The van der Waals surface area contributed by atoms with Gasteiger partial charge in [0.1, 0.15) is 5.75 Å². The van der Waals surface area contributed by atoms with Gasteiger partial charge >= 0.3 is 6.61 Å². The van der Waals surface area contributed by atoms with E-state index in [1.165, 1.54) is 17.4 Å². The average molecular weight is 298 g/mol. The predicted molar refractivity (Wildman–Crippen MR) is 76.2 cm³/mol. The molecule has 3 nitrogen and oxygen atoms in total. The molecular weight excluding hydrogens is 282 g/mol. The van der Waals surface area contributed by atoms with Gasteiger partial charge in [0.15, 0.2) is 0 Å². The van der Waals surface area contributed by atoms with E-state index in [1.807, 2.05) is 18.4 Å². The molecule has 0 spiro atoms. The molecule has 1 aromatic heterocycles. The zero-order chi connectivity index (χ0) is 14.5. The molecule has 0 aliphatic carbocycles. The minimum absolute atomic E-state index is 0.0995. The van der Waals surface area contributed by atoms with Crippen molar-refractivity contribution in [1.29, 1.82) is 0 Å². The van der Waals surface area contributed by atoms with E-state index >= 15 is 0 Å². The van der Waals surface area contributed by atoms with E-state index in [0.29, 0.717) is 0 Å². The van der Waals surface area contributed by atoms with Crippen molar-refractivity contribution in [3.8, 4) is 17.0 Å². The largest absolute Gasteiger partial charge is 0.435 e. The van der Waals surface area contributed by atoms with Crippen molar-refractivity contribution in [2.45, 2.75) is 32.4 Å². The Labute approximate surface area is 120 Å². The molecule has 0 radical (unpaired) electrons. The second-order valence-electron chi connectivity index (χ2n) is 4.41. The third-order valence-corrected chi connectivity index (χ3v) is 3.74. The van der Waals surface area contributed by atoms with Gasteiger partial charge in [0, 0.05) is 23.4 Å². The van der Waals surface area contributed by atoms with E-state index in [2.05, 4.69) is 9.72 Å². The van der Waals surface area contributed by atoms with Crippen LogP contribution in [-0.4, -0.2) is 17.6 Å². The number of hydrogen-bond acceptors (Lipinski definition) is 4. The van der Waals surface area contributed by atoms with Crippen LogP contribution in [0.1, 0.15) is 18.4 Å². The van der Waals surface area contributed by atoms with Gasteiger partial charge in [-0.1, -0.05) is 19.1 Å². The molecule has 0 bridgehead atoms. The predicted octanol–water partition coefficient (Wildman–Crippen LogP) is 3.69. The number of halogens is 2. The Hall–Kier alpha value is -1.53. The Bertz CT molecular complexity index is 560. The summed E-state index contributed by atoms with van der Waals surface area (Å²) in [5, 5.41) is 2.86. The molecule has 2 N–H and O–H groups in total. The molecule has 2 rings (SSSR count). The highest BCUT2D eigenvalue weighted by Gasteiger charge is 2.10. The zero-order valence-corrected chi connectivity index (χ0v) is 11.9. The molecule has 108 valence electrons. The maximum atomic E-state index is 12.2. The van der Waals surface area contributed by atoms with Gasteiger partial charge in [-0.15, -0.1) is 11.3 Å². The van der Waals surface area contributed by atoms with Crippen LogP contribution in [-0.2, 0) is 6.42 Å². The summed E-state index contributed by atoms with van der Waals surface area (Å²) in [5.41, 5.74) is 7.41. The second kappa shape index (κ2) is 6.76. The molecule has 6 heteroatoms. The summed E-state index contributed by atoms with van der Waals surface area (Å²) in [4.78, 5) is 4.48. The highest BCUT2D eigenvalue weighted by atomic mass is 32.1. The van der Waals surface area contributed by atoms with E-state index in [9.17, 15) is 8.78 Å². The van der Waals surface area contributed by atoms with Gasteiger partial charge in [0.05, 0.1) is 10.7 Å². The standard InChI is InChI=1S/C14H16F2N2OS/c1-2-10(17)7-13-18-12(8-20-13)9-4-3-5-11(6-9)19-14(15)16/h3-6,8,10,14H,2,7,17H2,1H3. The first-order valence-electron chi connectivity index (χ1n) is 6.33. The lowest BCUT2D eigenvalue weighted by atomic mass is 10.1. The lowest BCUT2D eigenvalue weighted by Gasteiger charge is -2.06. The van der Waals surface area contributed by atoms with E-state index < -0.39 is 6.61 Å². The van der Waals surface area contributed by atoms with Crippen LogP contribution in [0.2, 0.25) is 0 Å². The smallest absolute Gasteiger partial charge is 0.387 e. The normalized spacial score (nSPS) is 12.7. The van der Waals surface area contributed by atoms with Gasteiger partial charge in [0.25, 0.3) is 0 Å². The molecular formula is C14H16F2N2OS. The van der Waals surface area contributed by atoms with Crippen molar-refractivity contribution in [2.24, 2.45) is 5.73 Å². The zero-order valence-electron chi connectivity index (χ0n) is 11.1. The van der Waals surface area contributed by atoms with E-state index in [1.54, 1.807) is 12.1 Å². The van der Waals surface area contributed by atoms with Crippen molar-refractivity contribution in [3.63, 3.8) is 0 Å². The van der Waals surface area contributed by atoms with Gasteiger partial charge in [-0.05, 0) is 18.6 Å². The van der Waals surface area contributed by atoms with Crippen molar-refractivity contribution >= 4 is 11.3 Å². The number of nitrogens with zero attached hydrogens (tertiary/aromatic N) is 1. The quantitative estimate of drug-likeness (QED) is 0.884. The first kappa shape index (κ1) is 14.9. The summed E-state index contributed by atoms with van der Waals surface area (Å²) in [7, 11) is 0. The summed E-state index contributed by atoms with van der Waals surface area (Å²) in [5.74, 6) is 0.136. The van der Waals surface area contributed by atoms with Gasteiger partial charge in [-0.2, -0.15) is 8.78 Å². The number of thiazole rings is 1. The van der Waals surface area contributed by atoms with Gasteiger partial charge in [0.2, 0.25) is 0 Å². The van der Waals surface area contributed by atoms with Crippen LogP contribution in [0.3, 0.4) is 0 Å². The Morgan fingerprint density at radius 1 is 1.40 bits per heavy atom. The third kappa shape index (κ3) is 3.98. The molecule has 1 aromatic carbocycles. The number of hydrogen-bond donors (Lipinski definition) is 1. The Morgan fingerprint density at radius 3 is 2.90 bits per heavy atom. The van der Waals surface area contributed by atoms with Crippen molar-refractivity contribution in [3.05, 3.63) is 34.7 Å². The van der Waals surface area contributed by atoms with Crippen molar-refractivity contribution in [2.75, 3.05) is 0 Å². The molecule has 0 saturated heterocycles. The number of benzene rings is 1. The molecule has 1 unspecified atom stereocenters. The minimum Gasteiger partial charge on any atom is -0.435 e. The van der Waals surface area contributed by atoms with Crippen molar-refractivity contribution in [1.82, 2.24) is 4.98 Å². The molecule has 0 amide bonds. The lowest BCUT2D eigenvalue weighted by molar-refractivity contribution is -0.0498. The van der Waals surface area contributed by atoms with Crippen LogP contribution in [0.5, 0.6) is 5.75 Å². The van der Waals surface area contributed by atoms with Crippen LogP contribution in [0.25, 0.3) is 11.3 Å². The SMILES string of the molecule is CCC(N)Cc1nc(-c2cccc(OC(F)F)c2)cs1. The molecule has 1 atom stereocenters. The molecule has 2 aromatic rings. The fraction of sp³-hybridized carbons (Fsp3) is 0.357. The summed E-state index contributed by atoms with van der Waals surface area (Å²) in [6.45, 7) is -0.788. The summed E-state index contributed by atoms with van der Waals surface area (Å²) in [6, 6.07) is 6.64. The molecule has 0 aliphatic heterocycles. The Balaban J connectivity index is 2.15. The minimum atomic E-state index is -2.82. The summed E-state index contributed by atoms with van der Waals surface area (Å²) in [6.07, 6.45) is 1.63. The maximum absolute atomic E-state index is 12.2. The number of aromatic nitrogens is 1. The van der Waals surface area contributed by atoms with E-state index in [4.69, 9.17) is 5.73 Å². The fourth-order valence-electron chi connectivity index (χ4n) is 1.74. The van der Waals surface area contributed by atoms with Crippen LogP contribution < -0.4 is 10.5 Å². The number of ether oxygens (including phenoxy) is 1. The summed E-state index contributed by atoms with van der Waals surface area (Å²) >= 11 is 1.53. The number of alkyl halides is 2. The monoisotopic (exact) mass is 298 g/mol. The van der Waals surface area contributed by atoms with Gasteiger partial charge in [-0.3, -0.25) is 0 Å². The first-order valence-corrected chi connectivity index (χ1v) is 7.21. The molecule has 20 heavy (non-hydrogen) atoms. The average Bonchev–Trinajstić information content (AvgIpc) is 2.86. The lowest BCUT2D eigenvalue weighted by Crippen LogP contribution is -2.21. The first-order chi connectivity index (χ1) is 9.58. The van der Waals surface area contributed by atoms with Crippen molar-refractivity contribution < 1.29 is 13.5 Å². The van der Waals surface area contributed by atoms with E-state index in [0.717, 1.165) is 29.1 Å². The van der Waals surface area contributed by atoms with Crippen LogP contribution >= 0.6 is 11.3 Å². The van der Waals surface area contributed by atoms with E-state index in [-0.39, 0.29) is 11.8 Å². The number of nitrogens with two attached hydrogens (primary N) is 1. The Morgan fingerprint density at radius 2 is 2.20 bits per heavy atom.